The zero-order valence-corrected chi connectivity index (χ0v) is 59.1. The van der Waals surface area contributed by atoms with Crippen molar-refractivity contribution in [3.05, 3.63) is 354 Å². The van der Waals surface area contributed by atoms with Crippen LogP contribution in [0.5, 0.6) is 0 Å². The maximum Gasteiger partial charge on any atom is 0.247 e. The third-order valence-corrected chi connectivity index (χ3v) is 21.7. The van der Waals surface area contributed by atoms with Crippen LogP contribution in [0.25, 0.3) is 88.4 Å². The van der Waals surface area contributed by atoms with Gasteiger partial charge in [0.05, 0.1) is 76.7 Å². The Morgan fingerprint density at radius 1 is 0.356 bits per heavy atom. The fourth-order valence-electron chi connectivity index (χ4n) is 16.8. The number of fused-ring (bicyclic) bond motifs is 16. The smallest absolute Gasteiger partial charge is 0.247 e. The number of para-hydroxylation sites is 6. The van der Waals surface area contributed by atoms with Crippen molar-refractivity contribution in [3.63, 3.8) is 0 Å². The van der Waals surface area contributed by atoms with E-state index >= 15 is 0 Å². The summed E-state index contributed by atoms with van der Waals surface area (Å²) >= 11 is 0. The molecule has 0 N–H and O–H groups in total. The van der Waals surface area contributed by atoms with E-state index in [4.69, 9.17) is 2.74 Å². The van der Waals surface area contributed by atoms with E-state index in [-0.39, 0.29) is 65.8 Å². The second-order valence-corrected chi connectivity index (χ2v) is 30.8. The Hall–Kier alpha value is -12.2. The number of aromatic nitrogens is 2. The zero-order valence-electron chi connectivity index (χ0n) is 74.1. The van der Waals surface area contributed by atoms with Crippen LogP contribution in [0.15, 0.2) is 309 Å². The summed E-state index contributed by atoms with van der Waals surface area (Å²) in [5.41, 5.74) is 15.4. The fourth-order valence-corrected chi connectivity index (χ4v) is 16.8. The SMILES string of the molecule is [2H]c1c([2H])c([2H])c2c(c1[2H])c1c([2H])c([2H])c([2H])c([2H])c1n2-c1ccc2c(c1)N(c1c(-c3ccccc3)cc(C(C)(C)C)cc1-c1ccccc1)c1cc(-n3c4c([2H])c([2H])c([2H])c([2H])c4c4c([2H])c(C#N)c([2H])c([2H])c43)cc3c1B2c1ccc(-c2cc(C(C)(C)C)cc(C(C)(C)C)c2)cc1C31c2ccccc2N(c2ccccc2)c2ccccc21. The van der Waals surface area contributed by atoms with Gasteiger partial charge in [0.2, 0.25) is 6.71 Å². The van der Waals surface area contributed by atoms with Crippen LogP contribution in [-0.4, -0.2) is 15.8 Å². The van der Waals surface area contributed by atoms with Gasteiger partial charge in [0.25, 0.3) is 0 Å². The third-order valence-electron chi connectivity index (χ3n) is 21.7. The fraction of sp³-hybridized carbons (Fsp3) is 0.133. The summed E-state index contributed by atoms with van der Waals surface area (Å²) in [4.78, 5) is 4.53. The lowest BCUT2D eigenvalue weighted by Crippen LogP contribution is -2.65. The first-order chi connectivity index (χ1) is 56.7. The minimum absolute atomic E-state index is 0.0826. The molecule has 0 saturated heterocycles. The molecule has 0 bridgehead atoms. The van der Waals surface area contributed by atoms with Crippen LogP contribution < -0.4 is 26.2 Å². The Morgan fingerprint density at radius 2 is 0.837 bits per heavy atom. The summed E-state index contributed by atoms with van der Waals surface area (Å²) in [7, 11) is 0. The van der Waals surface area contributed by atoms with Crippen molar-refractivity contribution in [1.82, 2.24) is 9.13 Å². The maximum atomic E-state index is 11.0. The molecule has 0 atom stereocenters. The van der Waals surface area contributed by atoms with E-state index in [1.54, 1.807) is 9.13 Å². The molecule has 5 heterocycles. The molecule has 498 valence electrons. The van der Waals surface area contributed by atoms with Crippen molar-refractivity contribution in [2.45, 2.75) is 84.0 Å². The molecule has 6 heteroatoms. The maximum absolute atomic E-state index is 11.0. The number of nitriles is 1. The third kappa shape index (κ3) is 9.45. The average molecular weight is 1350 g/mol. The van der Waals surface area contributed by atoms with E-state index in [1.807, 2.05) is 97.1 Å². The number of anilines is 6. The molecule has 0 unspecified atom stereocenters. The molecule has 0 fully saturated rings. The lowest BCUT2D eigenvalue weighted by Gasteiger charge is -2.52. The van der Waals surface area contributed by atoms with Gasteiger partial charge in [-0.1, -0.05) is 280 Å². The van der Waals surface area contributed by atoms with Gasteiger partial charge >= 0.3 is 0 Å². The second-order valence-electron chi connectivity index (χ2n) is 30.8. The molecule has 104 heavy (non-hydrogen) atoms. The van der Waals surface area contributed by atoms with Gasteiger partial charge in [-0.15, -0.1) is 0 Å². The number of hydrogen-bond acceptors (Lipinski definition) is 3. The molecule has 0 aliphatic carbocycles. The first-order valence-corrected chi connectivity index (χ1v) is 35.4. The van der Waals surface area contributed by atoms with Crippen LogP contribution in [0.3, 0.4) is 0 Å². The Balaban J connectivity index is 1.09. The van der Waals surface area contributed by atoms with Crippen molar-refractivity contribution >= 4 is 101 Å². The molecule has 14 aromatic carbocycles. The molecule has 1 spiro atoms. The van der Waals surface area contributed by atoms with Gasteiger partial charge in [-0.2, -0.15) is 5.26 Å². The molecule has 0 amide bonds. The summed E-state index contributed by atoms with van der Waals surface area (Å²) in [6.45, 7) is 19.1. The molecule has 3 aliphatic rings. The second kappa shape index (κ2) is 23.2. The summed E-state index contributed by atoms with van der Waals surface area (Å²) in [6, 6.07) is 69.4. The number of hydrogen-bond donors (Lipinski definition) is 0. The minimum atomic E-state index is -1.44. The normalized spacial score (nSPS) is 15.7. The molecule has 2 aromatic heterocycles. The van der Waals surface area contributed by atoms with Crippen molar-refractivity contribution in [2.75, 3.05) is 9.80 Å². The lowest BCUT2D eigenvalue weighted by molar-refractivity contribution is 0.569. The van der Waals surface area contributed by atoms with Gasteiger partial charge in [0, 0.05) is 61.1 Å². The van der Waals surface area contributed by atoms with Gasteiger partial charge < -0.3 is 18.9 Å². The molecule has 16 aromatic rings. The van der Waals surface area contributed by atoms with Gasteiger partial charge in [0.15, 0.2) is 0 Å². The molecule has 19 rings (SSSR count). The number of nitrogens with zero attached hydrogens (tertiary/aromatic N) is 5. The number of rotatable bonds is 7. The predicted molar refractivity (Wildman–Crippen MR) is 438 cm³/mol. The minimum Gasteiger partial charge on any atom is -0.310 e. The Labute approximate surface area is 631 Å². The highest BCUT2D eigenvalue weighted by Crippen LogP contribution is 2.61. The lowest BCUT2D eigenvalue weighted by atomic mass is 9.29. The van der Waals surface area contributed by atoms with Gasteiger partial charge in [-0.3, -0.25) is 0 Å². The van der Waals surface area contributed by atoms with Crippen LogP contribution in [0, 0.1) is 11.3 Å². The molecular weight excluding hydrogens is 1260 g/mol. The number of benzene rings is 14. The predicted octanol–water partition coefficient (Wildman–Crippen LogP) is 23.4. The highest BCUT2D eigenvalue weighted by molar-refractivity contribution is 6.99. The van der Waals surface area contributed by atoms with Gasteiger partial charge in [-0.25, -0.2) is 0 Å². The average Bonchev–Trinajstić information content (AvgIpc) is 1.33. The summed E-state index contributed by atoms with van der Waals surface area (Å²) in [5.74, 6) is 0. The van der Waals surface area contributed by atoms with Crippen molar-refractivity contribution in [1.29, 1.82) is 5.26 Å². The van der Waals surface area contributed by atoms with Gasteiger partial charge in [0.1, 0.15) is 0 Å². The molecule has 0 radical (unpaired) electrons. The van der Waals surface area contributed by atoms with Crippen molar-refractivity contribution in [2.24, 2.45) is 0 Å². The van der Waals surface area contributed by atoms with E-state index in [2.05, 4.69) is 200 Å². The standard InChI is InChI=1S/C98H78BN5/c1-95(2,3)67-52-66(53-68(55-67)96(4,5)6)65-46-48-83-81(54-65)98(79-38-22-27-43-89(79)101(70-33-17-12-18-34-70)90-44-28-23-39-80(90)98)82-58-72(103-87-42-26-21-37-75(87)78-51-62(61-100)45-50-88(78)103)60-92-93(82)99(83)84-49-47-71(102-85-40-24-19-35-73(85)74-36-20-25-41-86(74)102)59-91(84)104(92)94-76(63-29-13-10-14-30-63)56-69(97(7,8)9)57-77(94)64-31-15-11-16-32-64/h10-60H,1-9H3/i19D,20D,21D,24D,25D,26D,35D,36D,37D,40D,41D,42D,45D,50D,51D. The van der Waals surface area contributed by atoms with Crippen LogP contribution in [-0.2, 0) is 21.7 Å². The molecule has 0 saturated carbocycles. The van der Waals surface area contributed by atoms with Gasteiger partial charge in [-0.05, 0) is 185 Å². The largest absolute Gasteiger partial charge is 0.310 e. The van der Waals surface area contributed by atoms with Crippen LogP contribution >= 0.6 is 0 Å². The topological polar surface area (TPSA) is 40.1 Å². The van der Waals surface area contributed by atoms with E-state index < -0.39 is 114 Å². The first-order valence-electron chi connectivity index (χ1n) is 42.9. The highest BCUT2D eigenvalue weighted by Gasteiger charge is 2.56. The molecule has 3 aliphatic heterocycles. The summed E-state index contributed by atoms with van der Waals surface area (Å²) in [6.07, 6.45) is 0. The van der Waals surface area contributed by atoms with Crippen molar-refractivity contribution in [3.8, 4) is 50.8 Å². The Bertz CT molecular complexity index is 6990. The van der Waals surface area contributed by atoms with Crippen molar-refractivity contribution < 1.29 is 20.6 Å². The molecule has 5 nitrogen and oxygen atoms in total. The van der Waals surface area contributed by atoms with Crippen LogP contribution in [0.2, 0.25) is 0 Å². The van der Waals surface area contributed by atoms with E-state index in [1.165, 1.54) is 0 Å². The first kappa shape index (κ1) is 48.6. The Kier molecular flexibility index (Phi) is 10.8. The van der Waals surface area contributed by atoms with E-state index in [0.29, 0.717) is 22.6 Å². The molecular formula is C98H78BN5. The van der Waals surface area contributed by atoms with Crippen LogP contribution in [0.4, 0.5) is 34.1 Å². The summed E-state index contributed by atoms with van der Waals surface area (Å²) in [5, 5.41) is 10.5. The van der Waals surface area contributed by atoms with E-state index in [0.717, 1.165) is 100 Å². The highest BCUT2D eigenvalue weighted by atomic mass is 15.2. The zero-order chi connectivity index (χ0) is 83.8. The quantitative estimate of drug-likeness (QED) is 0.149. The monoisotopic (exact) mass is 1350 g/mol. The van der Waals surface area contributed by atoms with Crippen LogP contribution in [0.1, 0.15) is 127 Å². The summed E-state index contributed by atoms with van der Waals surface area (Å²) < 4.78 is 149. The Morgan fingerprint density at radius 3 is 1.39 bits per heavy atom. The van der Waals surface area contributed by atoms with E-state index in [9.17, 15) is 23.1 Å².